The number of carbonyl (C=O) groups is 1. The Morgan fingerprint density at radius 2 is 2.03 bits per heavy atom. The number of hydrogen-bond acceptors (Lipinski definition) is 6. The number of benzene rings is 1. The van der Waals surface area contributed by atoms with Gasteiger partial charge in [0.2, 0.25) is 5.91 Å². The Morgan fingerprint density at radius 3 is 2.81 bits per heavy atom. The standard InChI is InChI=1S/C22H27ClN6O2/c1-15-17(16(2)29-22(27-15)25-14-26-29)7-8-21(30)24-13-20(28-9-11-31-12-10-28)18-5-3-4-6-19(18)23/h3-6,14,20H,7-13H2,1-2H3,(H,24,30). The number of aromatic nitrogens is 4. The quantitative estimate of drug-likeness (QED) is 0.605. The molecule has 3 heterocycles. The summed E-state index contributed by atoms with van der Waals surface area (Å²) in [6, 6.07) is 7.84. The third-order valence-electron chi connectivity index (χ3n) is 5.83. The van der Waals surface area contributed by atoms with Crippen LogP contribution in [0, 0.1) is 13.8 Å². The second kappa shape index (κ2) is 9.72. The van der Waals surface area contributed by atoms with Gasteiger partial charge in [-0.3, -0.25) is 9.69 Å². The summed E-state index contributed by atoms with van der Waals surface area (Å²) in [7, 11) is 0. The van der Waals surface area contributed by atoms with Gasteiger partial charge in [0.15, 0.2) is 0 Å². The molecule has 1 aromatic carbocycles. The Balaban J connectivity index is 1.42. The normalized spacial score (nSPS) is 15.8. The van der Waals surface area contributed by atoms with E-state index < -0.39 is 0 Å². The molecule has 1 atom stereocenters. The first-order valence-electron chi connectivity index (χ1n) is 10.5. The highest BCUT2D eigenvalue weighted by Crippen LogP contribution is 2.27. The topological polar surface area (TPSA) is 84.6 Å². The van der Waals surface area contributed by atoms with Crippen molar-refractivity contribution in [2.75, 3.05) is 32.8 Å². The lowest BCUT2D eigenvalue weighted by Crippen LogP contribution is -2.44. The highest BCUT2D eigenvalue weighted by atomic mass is 35.5. The molecule has 8 nitrogen and oxygen atoms in total. The van der Waals surface area contributed by atoms with Crippen molar-refractivity contribution in [2.24, 2.45) is 0 Å². The molecule has 2 aromatic heterocycles. The van der Waals surface area contributed by atoms with Gasteiger partial charge in [0, 0.05) is 42.5 Å². The van der Waals surface area contributed by atoms with Gasteiger partial charge in [-0.05, 0) is 37.5 Å². The van der Waals surface area contributed by atoms with Crippen molar-refractivity contribution in [1.29, 1.82) is 0 Å². The number of amides is 1. The number of carbonyl (C=O) groups excluding carboxylic acids is 1. The van der Waals surface area contributed by atoms with E-state index in [1.165, 1.54) is 6.33 Å². The highest BCUT2D eigenvalue weighted by molar-refractivity contribution is 6.31. The van der Waals surface area contributed by atoms with Crippen LogP contribution < -0.4 is 5.32 Å². The molecule has 1 saturated heterocycles. The molecule has 164 valence electrons. The minimum Gasteiger partial charge on any atom is -0.379 e. The van der Waals surface area contributed by atoms with E-state index >= 15 is 0 Å². The SMILES string of the molecule is Cc1nc2ncnn2c(C)c1CCC(=O)NCC(c1ccccc1Cl)N1CCOCC1. The summed E-state index contributed by atoms with van der Waals surface area (Å²) < 4.78 is 7.21. The summed E-state index contributed by atoms with van der Waals surface area (Å²) in [6.45, 7) is 7.43. The van der Waals surface area contributed by atoms with Crippen molar-refractivity contribution in [1.82, 2.24) is 29.8 Å². The molecule has 0 radical (unpaired) electrons. The molecule has 0 aliphatic carbocycles. The minimum absolute atomic E-state index is 0.00259. The number of nitrogens with one attached hydrogen (secondary N) is 1. The molecule has 31 heavy (non-hydrogen) atoms. The average molecular weight is 443 g/mol. The number of morpholine rings is 1. The maximum atomic E-state index is 12.7. The van der Waals surface area contributed by atoms with Crippen molar-refractivity contribution in [3.05, 3.63) is 58.1 Å². The van der Waals surface area contributed by atoms with Gasteiger partial charge in [-0.15, -0.1) is 0 Å². The van der Waals surface area contributed by atoms with Crippen molar-refractivity contribution in [2.45, 2.75) is 32.7 Å². The zero-order chi connectivity index (χ0) is 21.8. The summed E-state index contributed by atoms with van der Waals surface area (Å²) in [6.07, 6.45) is 2.47. The summed E-state index contributed by atoms with van der Waals surface area (Å²) in [5.74, 6) is 0.582. The molecule has 1 N–H and O–H groups in total. The molecule has 1 aliphatic heterocycles. The van der Waals surface area contributed by atoms with Crippen LogP contribution in [0.25, 0.3) is 5.78 Å². The van der Waals surface area contributed by atoms with Gasteiger partial charge < -0.3 is 10.1 Å². The third-order valence-corrected chi connectivity index (χ3v) is 6.18. The van der Waals surface area contributed by atoms with Crippen molar-refractivity contribution >= 4 is 23.3 Å². The number of halogens is 1. The molecule has 1 unspecified atom stereocenters. The molecular formula is C22H27ClN6O2. The van der Waals surface area contributed by atoms with E-state index in [0.717, 1.165) is 35.6 Å². The molecule has 4 rings (SSSR count). The van der Waals surface area contributed by atoms with Crippen molar-refractivity contribution < 1.29 is 9.53 Å². The number of ether oxygens (including phenoxy) is 1. The lowest BCUT2D eigenvalue weighted by atomic mass is 10.0. The van der Waals surface area contributed by atoms with Gasteiger partial charge in [0.25, 0.3) is 5.78 Å². The van der Waals surface area contributed by atoms with Crippen LogP contribution in [0.2, 0.25) is 5.02 Å². The predicted octanol–water partition coefficient (Wildman–Crippen LogP) is 2.52. The van der Waals surface area contributed by atoms with Crippen LogP contribution in [0.15, 0.2) is 30.6 Å². The molecule has 0 saturated carbocycles. The fourth-order valence-corrected chi connectivity index (χ4v) is 4.39. The Morgan fingerprint density at radius 1 is 1.26 bits per heavy atom. The van der Waals surface area contributed by atoms with Crippen molar-refractivity contribution in [3.8, 4) is 0 Å². The van der Waals surface area contributed by atoms with Crippen LogP contribution >= 0.6 is 11.6 Å². The van der Waals surface area contributed by atoms with E-state index in [1.54, 1.807) is 4.52 Å². The monoisotopic (exact) mass is 442 g/mol. The Labute approximate surface area is 186 Å². The molecule has 1 fully saturated rings. The largest absolute Gasteiger partial charge is 0.379 e. The molecule has 0 spiro atoms. The number of hydrogen-bond donors (Lipinski definition) is 1. The molecule has 0 bridgehead atoms. The fourth-order valence-electron chi connectivity index (χ4n) is 4.12. The number of fused-ring (bicyclic) bond motifs is 1. The predicted molar refractivity (Wildman–Crippen MR) is 118 cm³/mol. The molecule has 1 amide bonds. The molecule has 1 aliphatic rings. The van der Waals surface area contributed by atoms with Crippen LogP contribution in [0.4, 0.5) is 0 Å². The second-order valence-electron chi connectivity index (χ2n) is 7.72. The second-order valence-corrected chi connectivity index (χ2v) is 8.13. The first kappa shape index (κ1) is 21.7. The maximum absolute atomic E-state index is 12.7. The van der Waals surface area contributed by atoms with Gasteiger partial charge in [-0.25, -0.2) is 9.50 Å². The smallest absolute Gasteiger partial charge is 0.252 e. The lowest BCUT2D eigenvalue weighted by molar-refractivity contribution is -0.121. The third kappa shape index (κ3) is 4.87. The summed E-state index contributed by atoms with van der Waals surface area (Å²) in [5, 5.41) is 8.04. The van der Waals surface area contributed by atoms with Crippen LogP contribution in [0.5, 0.6) is 0 Å². The summed E-state index contributed by atoms with van der Waals surface area (Å²) in [4.78, 5) is 23.7. The molecular weight excluding hydrogens is 416 g/mol. The van der Waals surface area contributed by atoms with E-state index in [2.05, 4.69) is 25.3 Å². The van der Waals surface area contributed by atoms with Crippen LogP contribution in [0.1, 0.15) is 35.0 Å². The zero-order valence-corrected chi connectivity index (χ0v) is 18.6. The lowest BCUT2D eigenvalue weighted by Gasteiger charge is -2.35. The fraction of sp³-hybridized carbons (Fsp3) is 0.455. The van der Waals surface area contributed by atoms with Gasteiger partial charge in [0.1, 0.15) is 6.33 Å². The van der Waals surface area contributed by atoms with E-state index in [9.17, 15) is 4.79 Å². The van der Waals surface area contributed by atoms with Gasteiger partial charge >= 0.3 is 0 Å². The summed E-state index contributed by atoms with van der Waals surface area (Å²) >= 11 is 6.48. The van der Waals surface area contributed by atoms with E-state index in [0.29, 0.717) is 43.4 Å². The van der Waals surface area contributed by atoms with E-state index in [4.69, 9.17) is 16.3 Å². The average Bonchev–Trinajstić information content (AvgIpc) is 3.24. The summed E-state index contributed by atoms with van der Waals surface area (Å²) in [5.41, 5.74) is 3.91. The first-order chi connectivity index (χ1) is 15.0. The molecule has 3 aromatic rings. The first-order valence-corrected chi connectivity index (χ1v) is 10.9. The van der Waals surface area contributed by atoms with Gasteiger partial charge in [0.05, 0.1) is 19.3 Å². The van der Waals surface area contributed by atoms with Crippen molar-refractivity contribution in [3.63, 3.8) is 0 Å². The van der Waals surface area contributed by atoms with Gasteiger partial charge in [-0.2, -0.15) is 10.1 Å². The number of aryl methyl sites for hydroxylation is 2. The van der Waals surface area contributed by atoms with Gasteiger partial charge in [-0.1, -0.05) is 29.8 Å². The molecule has 9 heteroatoms. The minimum atomic E-state index is 0.00259. The Kier molecular flexibility index (Phi) is 6.80. The maximum Gasteiger partial charge on any atom is 0.252 e. The van der Waals surface area contributed by atoms with E-state index in [-0.39, 0.29) is 11.9 Å². The number of rotatable bonds is 7. The highest BCUT2D eigenvalue weighted by Gasteiger charge is 2.25. The zero-order valence-electron chi connectivity index (χ0n) is 17.8. The van der Waals surface area contributed by atoms with E-state index in [1.807, 2.05) is 38.1 Å². The Bertz CT molecular complexity index is 1060. The Hall–Kier alpha value is -2.55. The van der Waals surface area contributed by atoms with Crippen LogP contribution in [-0.4, -0.2) is 63.2 Å². The van der Waals surface area contributed by atoms with Crippen LogP contribution in [0.3, 0.4) is 0 Å². The van der Waals surface area contributed by atoms with Crippen LogP contribution in [-0.2, 0) is 16.0 Å². The number of nitrogens with zero attached hydrogens (tertiary/aromatic N) is 5.